The largest absolute Gasteiger partial charge is 0.411 e. The molecule has 136 valence electrons. The molecule has 0 amide bonds. The molecule has 0 atom stereocenters. The fourth-order valence-corrected chi connectivity index (χ4v) is 3.49. The maximum atomic E-state index is 5.82. The van der Waals surface area contributed by atoms with Crippen LogP contribution in [0, 0.1) is 0 Å². The Balaban J connectivity index is 1.46. The van der Waals surface area contributed by atoms with E-state index in [1.165, 1.54) is 17.3 Å². The van der Waals surface area contributed by atoms with E-state index in [1.54, 1.807) is 0 Å². The van der Waals surface area contributed by atoms with Crippen molar-refractivity contribution in [2.24, 2.45) is 0 Å². The van der Waals surface area contributed by atoms with E-state index in [9.17, 15) is 0 Å². The van der Waals surface area contributed by atoms with Crippen molar-refractivity contribution < 1.29 is 4.42 Å². The lowest BCUT2D eigenvalue weighted by atomic mass is 9.87. The fraction of sp³-hybridized carbons (Fsp3) is 0.227. The Morgan fingerprint density at radius 2 is 1.67 bits per heavy atom. The zero-order valence-electron chi connectivity index (χ0n) is 15.6. The minimum Gasteiger partial charge on any atom is -0.411 e. The summed E-state index contributed by atoms with van der Waals surface area (Å²) in [6.45, 7) is 6.60. The van der Waals surface area contributed by atoms with Crippen LogP contribution in [0.1, 0.15) is 32.0 Å². The molecule has 0 radical (unpaired) electrons. The van der Waals surface area contributed by atoms with Gasteiger partial charge >= 0.3 is 0 Å². The molecule has 0 N–H and O–H groups in total. The molecule has 0 unspecified atom stereocenters. The highest BCUT2D eigenvalue weighted by Crippen LogP contribution is 2.28. The van der Waals surface area contributed by atoms with Crippen molar-refractivity contribution >= 4 is 22.7 Å². The van der Waals surface area contributed by atoms with Gasteiger partial charge in [0, 0.05) is 16.7 Å². The molecule has 0 saturated heterocycles. The summed E-state index contributed by atoms with van der Waals surface area (Å²) in [5, 5.41) is 10.0. The number of thioether (sulfide) groups is 1. The normalized spacial score (nSPS) is 11.8. The summed E-state index contributed by atoms with van der Waals surface area (Å²) in [7, 11) is 0. The first kappa shape index (κ1) is 17.7. The smallest absolute Gasteiger partial charge is 0.277 e. The Morgan fingerprint density at radius 1 is 0.889 bits per heavy atom. The predicted molar refractivity (Wildman–Crippen MR) is 110 cm³/mol. The molecule has 0 aliphatic rings. The number of nitrogens with zero attached hydrogens (tertiary/aromatic N) is 3. The number of fused-ring (bicyclic) bond motifs is 1. The molecule has 0 spiro atoms. The second kappa shape index (κ2) is 7.16. The number of aromatic nitrogens is 3. The van der Waals surface area contributed by atoms with Crippen LogP contribution < -0.4 is 0 Å². The first-order chi connectivity index (χ1) is 13.0. The van der Waals surface area contributed by atoms with Crippen molar-refractivity contribution in [3.8, 4) is 11.5 Å². The Labute approximate surface area is 163 Å². The van der Waals surface area contributed by atoms with Crippen LogP contribution in [0.25, 0.3) is 22.4 Å². The van der Waals surface area contributed by atoms with Crippen LogP contribution in [-0.2, 0) is 11.2 Å². The molecule has 5 heteroatoms. The lowest BCUT2D eigenvalue weighted by molar-refractivity contribution is 0.465. The summed E-state index contributed by atoms with van der Waals surface area (Å²) in [5.74, 6) is 1.24. The van der Waals surface area contributed by atoms with Crippen LogP contribution in [0.15, 0.2) is 70.3 Å². The molecule has 0 aliphatic carbocycles. The number of benzene rings is 2. The highest BCUT2D eigenvalue weighted by atomic mass is 32.2. The number of hydrogen-bond donors (Lipinski definition) is 0. The molecule has 27 heavy (non-hydrogen) atoms. The van der Waals surface area contributed by atoms with E-state index in [0.717, 1.165) is 22.2 Å². The fourth-order valence-electron chi connectivity index (χ4n) is 2.82. The number of para-hydroxylation sites is 1. The standard InChI is InChI=1S/C22H21N3OS/c1-22(2,3)17-11-8-16(9-12-17)20-24-25-21(26-20)27-14-18-13-10-15-6-4-5-7-19(15)23-18/h4-13H,14H2,1-3H3. The molecule has 0 saturated carbocycles. The average Bonchev–Trinajstić information content (AvgIpc) is 3.15. The molecule has 0 bridgehead atoms. The van der Waals surface area contributed by atoms with Crippen molar-refractivity contribution in [3.05, 3.63) is 71.9 Å². The van der Waals surface area contributed by atoms with Gasteiger partial charge in [-0.15, -0.1) is 10.2 Å². The van der Waals surface area contributed by atoms with Crippen molar-refractivity contribution in [2.45, 2.75) is 37.2 Å². The molecule has 4 rings (SSSR count). The van der Waals surface area contributed by atoms with Gasteiger partial charge in [-0.2, -0.15) is 0 Å². The third-order valence-electron chi connectivity index (χ3n) is 4.40. The Hall–Kier alpha value is -2.66. The van der Waals surface area contributed by atoms with Crippen LogP contribution >= 0.6 is 11.8 Å². The summed E-state index contributed by atoms with van der Waals surface area (Å²) in [4.78, 5) is 4.68. The van der Waals surface area contributed by atoms with Gasteiger partial charge in [0.05, 0.1) is 11.2 Å². The van der Waals surface area contributed by atoms with E-state index >= 15 is 0 Å². The molecule has 0 aliphatic heterocycles. The summed E-state index contributed by atoms with van der Waals surface area (Å²) in [5.41, 5.74) is 4.34. The highest BCUT2D eigenvalue weighted by Gasteiger charge is 2.15. The van der Waals surface area contributed by atoms with Crippen LogP contribution in [0.5, 0.6) is 0 Å². The Morgan fingerprint density at radius 3 is 2.44 bits per heavy atom. The van der Waals surface area contributed by atoms with E-state index in [4.69, 9.17) is 4.42 Å². The molecule has 0 fully saturated rings. The van der Waals surface area contributed by atoms with E-state index in [2.05, 4.69) is 60.2 Å². The van der Waals surface area contributed by atoms with Gasteiger partial charge in [0.25, 0.3) is 5.22 Å². The van der Waals surface area contributed by atoms with Gasteiger partial charge in [-0.25, -0.2) is 0 Å². The van der Waals surface area contributed by atoms with E-state index < -0.39 is 0 Å². The number of rotatable bonds is 4. The van der Waals surface area contributed by atoms with Crippen LogP contribution in [-0.4, -0.2) is 15.2 Å². The molecular formula is C22H21N3OS. The van der Waals surface area contributed by atoms with Crippen molar-refractivity contribution in [2.75, 3.05) is 0 Å². The van der Waals surface area contributed by atoms with E-state index in [-0.39, 0.29) is 5.41 Å². The average molecular weight is 375 g/mol. The molecule has 2 aromatic carbocycles. The van der Waals surface area contributed by atoms with Crippen LogP contribution in [0.3, 0.4) is 0 Å². The first-order valence-corrected chi connectivity index (χ1v) is 9.89. The minimum atomic E-state index is 0.126. The quantitative estimate of drug-likeness (QED) is 0.417. The maximum absolute atomic E-state index is 5.82. The third-order valence-corrected chi connectivity index (χ3v) is 5.26. The van der Waals surface area contributed by atoms with E-state index in [1.807, 2.05) is 36.4 Å². The maximum Gasteiger partial charge on any atom is 0.277 e. The van der Waals surface area contributed by atoms with Gasteiger partial charge in [0.1, 0.15) is 0 Å². The molecule has 4 aromatic rings. The Kier molecular flexibility index (Phi) is 4.70. The lowest BCUT2D eigenvalue weighted by Gasteiger charge is -2.18. The summed E-state index contributed by atoms with van der Waals surface area (Å²) in [6.07, 6.45) is 0. The first-order valence-electron chi connectivity index (χ1n) is 8.91. The Bertz CT molecular complexity index is 1060. The van der Waals surface area contributed by atoms with Gasteiger partial charge in [-0.05, 0) is 35.2 Å². The number of pyridine rings is 1. The molecule has 4 nitrogen and oxygen atoms in total. The minimum absolute atomic E-state index is 0.126. The van der Waals surface area contributed by atoms with Gasteiger partial charge < -0.3 is 4.42 Å². The summed E-state index contributed by atoms with van der Waals surface area (Å²) in [6, 6.07) is 20.5. The molecule has 2 heterocycles. The van der Waals surface area contributed by atoms with Crippen LogP contribution in [0.2, 0.25) is 0 Å². The van der Waals surface area contributed by atoms with Gasteiger partial charge in [-0.3, -0.25) is 4.98 Å². The van der Waals surface area contributed by atoms with Gasteiger partial charge in [-0.1, -0.05) is 68.9 Å². The zero-order valence-corrected chi connectivity index (χ0v) is 16.5. The van der Waals surface area contributed by atoms with Gasteiger partial charge in [0.15, 0.2) is 0 Å². The monoisotopic (exact) mass is 375 g/mol. The second-order valence-electron chi connectivity index (χ2n) is 7.48. The number of hydrogen-bond acceptors (Lipinski definition) is 5. The van der Waals surface area contributed by atoms with Crippen LogP contribution in [0.4, 0.5) is 0 Å². The van der Waals surface area contributed by atoms with Gasteiger partial charge in [0.2, 0.25) is 5.89 Å². The zero-order chi connectivity index (χ0) is 18.9. The third kappa shape index (κ3) is 4.03. The summed E-state index contributed by atoms with van der Waals surface area (Å²) >= 11 is 1.50. The van der Waals surface area contributed by atoms with Crippen molar-refractivity contribution in [3.63, 3.8) is 0 Å². The topological polar surface area (TPSA) is 51.8 Å². The lowest BCUT2D eigenvalue weighted by Crippen LogP contribution is -2.10. The highest BCUT2D eigenvalue weighted by molar-refractivity contribution is 7.98. The molecule has 2 aromatic heterocycles. The second-order valence-corrected chi connectivity index (χ2v) is 8.41. The predicted octanol–water partition coefficient (Wildman–Crippen LogP) is 5.87. The van der Waals surface area contributed by atoms with Crippen molar-refractivity contribution in [1.29, 1.82) is 0 Å². The van der Waals surface area contributed by atoms with E-state index in [0.29, 0.717) is 16.9 Å². The molecular weight excluding hydrogens is 354 g/mol. The summed E-state index contributed by atoms with van der Waals surface area (Å²) < 4.78 is 5.82. The SMILES string of the molecule is CC(C)(C)c1ccc(-c2nnc(SCc3ccc4ccccc4n3)o2)cc1. The van der Waals surface area contributed by atoms with Crippen molar-refractivity contribution in [1.82, 2.24) is 15.2 Å².